The number of rotatable bonds is 8. The Hall–Kier alpha value is -4.32. The van der Waals surface area contributed by atoms with Crippen molar-refractivity contribution in [1.82, 2.24) is 35.1 Å². The number of halogens is 1. The van der Waals surface area contributed by atoms with Gasteiger partial charge in [0.15, 0.2) is 0 Å². The van der Waals surface area contributed by atoms with E-state index in [0.717, 1.165) is 47.9 Å². The van der Waals surface area contributed by atoms with Crippen LogP contribution in [0.4, 0.5) is 4.39 Å². The fraction of sp³-hybridized carbons (Fsp3) is 0.393. The number of hydrogen-bond donors (Lipinski definition) is 2. The highest BCUT2D eigenvalue weighted by atomic mass is 19.1. The van der Waals surface area contributed by atoms with Crippen LogP contribution in [-0.2, 0) is 32.7 Å². The van der Waals surface area contributed by atoms with E-state index in [9.17, 15) is 14.4 Å². The lowest BCUT2D eigenvalue weighted by Crippen LogP contribution is -2.40. The molecule has 40 heavy (non-hydrogen) atoms. The fourth-order valence-corrected chi connectivity index (χ4v) is 5.23. The second-order valence-electron chi connectivity index (χ2n) is 10.1. The molecule has 2 N–H and O–H groups in total. The van der Waals surface area contributed by atoms with Crippen molar-refractivity contribution in [2.24, 2.45) is 7.05 Å². The zero-order chi connectivity index (χ0) is 28.4. The van der Waals surface area contributed by atoms with Gasteiger partial charge in [0, 0.05) is 29.3 Å². The predicted molar refractivity (Wildman–Crippen MR) is 147 cm³/mol. The number of amides is 2. The van der Waals surface area contributed by atoms with Crippen LogP contribution in [0.2, 0.25) is 0 Å². The van der Waals surface area contributed by atoms with Gasteiger partial charge < -0.3 is 20.3 Å². The molecule has 0 aliphatic carbocycles. The van der Waals surface area contributed by atoms with Crippen molar-refractivity contribution >= 4 is 39.6 Å². The Kier molecular flexibility index (Phi) is 7.78. The number of carbonyl (C=O) groups excluding carboxylic acids is 3. The van der Waals surface area contributed by atoms with Crippen molar-refractivity contribution in [3.63, 3.8) is 0 Å². The number of aromatic nitrogens is 4. The van der Waals surface area contributed by atoms with Crippen molar-refractivity contribution in [3.05, 3.63) is 48.0 Å². The van der Waals surface area contributed by atoms with Crippen LogP contribution in [0.15, 0.2) is 36.5 Å². The minimum Gasteiger partial charge on any atom is -0.468 e. The van der Waals surface area contributed by atoms with Crippen LogP contribution in [0, 0.1) is 5.82 Å². The molecule has 2 aromatic carbocycles. The molecule has 1 aliphatic rings. The smallest absolute Gasteiger partial charge is 0.325 e. The first-order chi connectivity index (χ1) is 19.2. The topological polar surface area (TPSA) is 123 Å². The van der Waals surface area contributed by atoms with Crippen LogP contribution in [0.25, 0.3) is 32.9 Å². The summed E-state index contributed by atoms with van der Waals surface area (Å²) in [7, 11) is 5.13. The number of esters is 1. The summed E-state index contributed by atoms with van der Waals surface area (Å²) >= 11 is 0. The molecule has 12 heteroatoms. The molecule has 0 saturated carbocycles. The highest BCUT2D eigenvalue weighted by Crippen LogP contribution is 2.39. The summed E-state index contributed by atoms with van der Waals surface area (Å²) in [5.74, 6) is -1.72. The van der Waals surface area contributed by atoms with Crippen LogP contribution in [0.5, 0.6) is 0 Å². The number of nitrogens with zero attached hydrogens (tertiary/aromatic N) is 5. The second kappa shape index (κ2) is 11.4. The van der Waals surface area contributed by atoms with E-state index in [4.69, 9.17) is 5.10 Å². The summed E-state index contributed by atoms with van der Waals surface area (Å²) in [5.41, 5.74) is 3.52. The van der Waals surface area contributed by atoms with Gasteiger partial charge in [-0.2, -0.15) is 10.2 Å². The number of fused-ring (bicyclic) bond motifs is 2. The molecule has 1 aliphatic heterocycles. The zero-order valence-electron chi connectivity index (χ0n) is 22.7. The van der Waals surface area contributed by atoms with Crippen LogP contribution in [0.1, 0.15) is 24.5 Å². The van der Waals surface area contributed by atoms with Crippen LogP contribution < -0.4 is 10.6 Å². The van der Waals surface area contributed by atoms with Gasteiger partial charge in [0.1, 0.15) is 18.9 Å². The molecular formula is C28H32FN7O4. The van der Waals surface area contributed by atoms with E-state index in [-0.39, 0.29) is 31.4 Å². The summed E-state index contributed by atoms with van der Waals surface area (Å²) in [5, 5.41) is 15.6. The molecule has 2 aromatic heterocycles. The monoisotopic (exact) mass is 549 g/mol. The fourth-order valence-electron chi connectivity index (χ4n) is 5.23. The average molecular weight is 550 g/mol. The minimum atomic E-state index is -0.584. The molecule has 5 rings (SSSR count). The summed E-state index contributed by atoms with van der Waals surface area (Å²) < 4.78 is 23.3. The van der Waals surface area contributed by atoms with Crippen LogP contribution in [0.3, 0.4) is 0 Å². The molecule has 11 nitrogen and oxygen atoms in total. The largest absolute Gasteiger partial charge is 0.468 e. The molecule has 0 unspecified atom stereocenters. The van der Waals surface area contributed by atoms with Crippen molar-refractivity contribution in [3.8, 4) is 11.1 Å². The Balaban J connectivity index is 1.49. The van der Waals surface area contributed by atoms with Crippen molar-refractivity contribution in [1.29, 1.82) is 0 Å². The third kappa shape index (κ3) is 5.53. The summed E-state index contributed by atoms with van der Waals surface area (Å²) in [6.07, 6.45) is 3.43. The maximum atomic E-state index is 15.5. The second-order valence-corrected chi connectivity index (χ2v) is 10.1. The maximum absolute atomic E-state index is 15.5. The van der Waals surface area contributed by atoms with E-state index < -0.39 is 17.8 Å². The van der Waals surface area contributed by atoms with Gasteiger partial charge >= 0.3 is 5.97 Å². The highest BCUT2D eigenvalue weighted by molar-refractivity contribution is 6.00. The number of likely N-dealkylation sites (tertiary alicyclic amines) is 1. The Morgan fingerprint density at radius 2 is 1.77 bits per heavy atom. The van der Waals surface area contributed by atoms with Gasteiger partial charge in [-0.3, -0.25) is 23.7 Å². The first-order valence-corrected chi connectivity index (χ1v) is 13.1. The molecule has 0 spiro atoms. The number of methoxy groups -OCH3 is 1. The first-order valence-electron chi connectivity index (χ1n) is 13.1. The van der Waals surface area contributed by atoms with E-state index in [2.05, 4.69) is 32.4 Å². The lowest BCUT2D eigenvalue weighted by atomic mass is 9.89. The van der Waals surface area contributed by atoms with Crippen LogP contribution >= 0.6 is 0 Å². The summed E-state index contributed by atoms with van der Waals surface area (Å²) in [4.78, 5) is 38.3. The zero-order valence-corrected chi connectivity index (χ0v) is 22.7. The Morgan fingerprint density at radius 1 is 1.02 bits per heavy atom. The van der Waals surface area contributed by atoms with Crippen molar-refractivity contribution in [2.45, 2.75) is 25.3 Å². The third-order valence-corrected chi connectivity index (χ3v) is 7.43. The SMILES string of the molecule is COC(=O)CNC(=O)CNC(=O)Cn1nc(C2CCN(C)CC2)c2c(-c3cc4c(cnn4C)cc3F)cccc21. The van der Waals surface area contributed by atoms with E-state index in [0.29, 0.717) is 16.6 Å². The summed E-state index contributed by atoms with van der Waals surface area (Å²) in [6, 6.07) is 8.90. The molecule has 0 bridgehead atoms. The van der Waals surface area contributed by atoms with Gasteiger partial charge in [-0.25, -0.2) is 4.39 Å². The maximum Gasteiger partial charge on any atom is 0.325 e. The number of hydrogen-bond acceptors (Lipinski definition) is 7. The number of ether oxygens (including phenoxy) is 1. The molecule has 1 saturated heterocycles. The number of benzene rings is 2. The molecule has 3 heterocycles. The van der Waals surface area contributed by atoms with Gasteiger partial charge in [-0.1, -0.05) is 12.1 Å². The van der Waals surface area contributed by atoms with Crippen molar-refractivity contribution in [2.75, 3.05) is 40.3 Å². The van der Waals surface area contributed by atoms with Crippen molar-refractivity contribution < 1.29 is 23.5 Å². The third-order valence-electron chi connectivity index (χ3n) is 7.43. The molecule has 210 valence electrons. The van der Waals surface area contributed by atoms with Gasteiger partial charge in [0.05, 0.1) is 36.6 Å². The van der Waals surface area contributed by atoms with Gasteiger partial charge in [0.2, 0.25) is 11.8 Å². The highest BCUT2D eigenvalue weighted by Gasteiger charge is 2.27. The number of aryl methyl sites for hydroxylation is 1. The lowest BCUT2D eigenvalue weighted by Gasteiger charge is -2.28. The molecule has 2 amide bonds. The van der Waals surface area contributed by atoms with Crippen LogP contribution in [-0.4, -0.2) is 82.6 Å². The standard InChI is InChI=1S/C28H32FN7O4/c1-34-9-7-17(8-10-34)28-27-19(20-12-23-18(11-21(20)29)13-32-35(23)2)5-4-6-22(27)36(33-28)16-25(38)30-14-24(37)31-15-26(39)40-3/h4-6,11-13,17H,7-10,14-16H2,1-3H3,(H,30,38)(H,31,37). The first kappa shape index (κ1) is 27.3. The van der Waals surface area contributed by atoms with Gasteiger partial charge in [-0.15, -0.1) is 0 Å². The minimum absolute atomic E-state index is 0.125. The molecule has 0 radical (unpaired) electrons. The molecule has 0 atom stereocenters. The molecule has 1 fully saturated rings. The van der Waals surface area contributed by atoms with E-state index in [1.54, 1.807) is 15.6 Å². The summed E-state index contributed by atoms with van der Waals surface area (Å²) in [6.45, 7) is 1.13. The number of carbonyl (C=O) groups is 3. The van der Waals surface area contributed by atoms with E-state index in [1.165, 1.54) is 13.2 Å². The lowest BCUT2D eigenvalue weighted by molar-refractivity contribution is -0.141. The Labute approximate surface area is 230 Å². The number of nitrogens with one attached hydrogen (secondary N) is 2. The number of piperidine rings is 1. The van der Waals surface area contributed by atoms with E-state index >= 15 is 4.39 Å². The predicted octanol–water partition coefficient (Wildman–Crippen LogP) is 1.94. The average Bonchev–Trinajstić information content (AvgIpc) is 3.50. The van der Waals surface area contributed by atoms with E-state index in [1.807, 2.05) is 31.3 Å². The Morgan fingerprint density at radius 3 is 2.52 bits per heavy atom. The normalized spacial score (nSPS) is 14.5. The quantitative estimate of drug-likeness (QED) is 0.322. The molecular weight excluding hydrogens is 517 g/mol. The Bertz CT molecular complexity index is 1590. The van der Waals surface area contributed by atoms with Gasteiger partial charge in [-0.05, 0) is 56.7 Å². The molecule has 4 aromatic rings. The van der Waals surface area contributed by atoms with Gasteiger partial charge in [0.25, 0.3) is 0 Å².